The fourth-order valence-electron chi connectivity index (χ4n) is 10.6. The number of nitrogens with zero attached hydrogens (tertiary/aromatic N) is 4. The summed E-state index contributed by atoms with van der Waals surface area (Å²) in [6.07, 6.45) is 2.83. The highest BCUT2D eigenvalue weighted by molar-refractivity contribution is 6.13. The number of ether oxygens (including phenoxy) is 4. The number of hydrogen-bond donors (Lipinski definition) is 5. The second kappa shape index (κ2) is 23.3. The maximum Gasteiger partial charge on any atom is 0.260 e. The first-order chi connectivity index (χ1) is 37.1. The zero-order valence-electron chi connectivity index (χ0n) is 44.6. The molecule has 0 aromatic heterocycles. The number of likely N-dealkylation sites (N-methyl/N-ethyl adjacent to an activating group) is 2. The van der Waals surface area contributed by atoms with Crippen LogP contribution in [-0.4, -0.2) is 108 Å². The number of nitrogens with one attached hydrogen (secondary N) is 5. The van der Waals surface area contributed by atoms with E-state index in [0.29, 0.717) is 94.8 Å². The maximum atomic E-state index is 14.3. The van der Waals surface area contributed by atoms with Crippen molar-refractivity contribution in [1.82, 2.24) is 21.5 Å². The van der Waals surface area contributed by atoms with Crippen molar-refractivity contribution in [2.75, 3.05) is 72.9 Å². The van der Waals surface area contributed by atoms with Crippen LogP contribution in [0.3, 0.4) is 0 Å². The van der Waals surface area contributed by atoms with Crippen molar-refractivity contribution in [3.8, 4) is 23.0 Å². The Morgan fingerprint density at radius 3 is 1.57 bits per heavy atom. The number of methoxy groups -OCH3 is 2. The van der Waals surface area contributed by atoms with Crippen LogP contribution in [0.25, 0.3) is 0 Å². The number of carbonyl (C=O) groups excluding carboxylic acids is 6. The lowest BCUT2D eigenvalue weighted by atomic mass is 10.1. The predicted molar refractivity (Wildman–Crippen MR) is 293 cm³/mol. The second-order valence-corrected chi connectivity index (χ2v) is 20.0. The van der Waals surface area contributed by atoms with Gasteiger partial charge in [-0.05, 0) is 104 Å². The Morgan fingerprint density at radius 1 is 0.597 bits per heavy atom. The molecule has 19 nitrogen and oxygen atoms in total. The molecule has 5 aromatic rings. The molecule has 404 valence electrons. The van der Waals surface area contributed by atoms with Crippen LogP contribution >= 0.6 is 0 Å². The third-order valence-corrected chi connectivity index (χ3v) is 14.5. The van der Waals surface area contributed by atoms with Crippen molar-refractivity contribution in [2.24, 2.45) is 0 Å². The highest BCUT2D eigenvalue weighted by atomic mass is 16.5. The van der Waals surface area contributed by atoms with Crippen LogP contribution in [-0.2, 0) is 45.2 Å². The number of unbranched alkanes of at least 4 members (excludes halogenated alkanes) is 1. The zero-order valence-corrected chi connectivity index (χ0v) is 44.6. The van der Waals surface area contributed by atoms with Crippen LogP contribution in [0.15, 0.2) is 91.0 Å². The summed E-state index contributed by atoms with van der Waals surface area (Å²) < 4.78 is 24.7. The molecule has 77 heavy (non-hydrogen) atoms. The molecule has 0 saturated heterocycles. The van der Waals surface area contributed by atoms with Crippen LogP contribution < -0.4 is 65.3 Å². The van der Waals surface area contributed by atoms with E-state index in [1.165, 1.54) is 21.1 Å². The van der Waals surface area contributed by atoms with Gasteiger partial charge in [0.15, 0.2) is 23.0 Å². The third-order valence-electron chi connectivity index (χ3n) is 14.5. The van der Waals surface area contributed by atoms with Crippen molar-refractivity contribution < 1.29 is 47.7 Å². The van der Waals surface area contributed by atoms with Crippen LogP contribution in [0, 0.1) is 0 Å². The number of hydrazine groups is 1. The van der Waals surface area contributed by atoms with E-state index < -0.39 is 23.9 Å². The van der Waals surface area contributed by atoms with Crippen LogP contribution in [0.4, 0.5) is 28.4 Å². The number of rotatable bonds is 20. The molecule has 6 amide bonds. The molecule has 4 atom stereocenters. The average Bonchev–Trinajstić information content (AvgIpc) is 3.93. The SMILES string of the molecule is CCNNC(=O)CCCCC(=O)N[C@@H](C)C(=O)N[C@@H](C)C(=O)Nc1cc(COc2cc3c(cc2OC)C(=O)N2c4ccccc4C[C@H]2CN3C)cc(COc2cc3c(cc2OC)C(=O)N2c4ccccc4C[C@H]2CN3C)c1. The number of benzene rings is 5. The monoisotopic (exact) mass is 1050 g/mol. The van der Waals surface area contributed by atoms with Gasteiger partial charge in [0.05, 0.1) is 48.8 Å². The lowest BCUT2D eigenvalue weighted by molar-refractivity contribution is -0.130. The second-order valence-electron chi connectivity index (χ2n) is 20.0. The first-order valence-corrected chi connectivity index (χ1v) is 26.1. The molecular formula is C58H67N9O10. The largest absolute Gasteiger partial charge is 0.493 e. The number of hydrogen-bond acceptors (Lipinski definition) is 13. The van der Waals surface area contributed by atoms with E-state index in [-0.39, 0.29) is 61.8 Å². The first kappa shape index (κ1) is 53.5. The van der Waals surface area contributed by atoms with E-state index in [0.717, 1.165) is 35.3 Å². The Kier molecular flexibility index (Phi) is 16.2. The summed E-state index contributed by atoms with van der Waals surface area (Å²) in [7, 11) is 6.98. The molecule has 5 aromatic carbocycles. The maximum absolute atomic E-state index is 14.3. The molecule has 0 fully saturated rings. The minimum atomic E-state index is -1.02. The molecule has 0 unspecified atom stereocenters. The lowest BCUT2D eigenvalue weighted by Gasteiger charge is -2.25. The smallest absolute Gasteiger partial charge is 0.260 e. The Bertz CT molecular complexity index is 2930. The standard InChI is InChI=1S/C58H67N9O10/c1-8-59-63-54(69)20-14-13-19-53(68)60-34(2)55(70)61-35(3)56(71)62-40-22-36(32-76-51-28-47-43(26-49(51)74-6)57(72)66-41(30-64(47)4)24-38-15-9-11-17-45(38)66)21-37(23-40)33-77-52-29-48-44(27-50(52)75-7)58(73)67-42(31-65(48)5)25-39-16-10-12-18-46(39)67/h9-12,15-18,21-23,26-29,34-35,41-42,59H,8,13-14,19-20,24-25,30-33H2,1-7H3,(H,60,68)(H,61,70)(H,62,71)(H,63,69)/t34-,35-,41-,42-/m0/s1. The fraction of sp³-hybridized carbons (Fsp3) is 0.379. The van der Waals surface area contributed by atoms with Gasteiger partial charge in [-0.15, -0.1) is 0 Å². The molecule has 0 spiro atoms. The Hall–Kier alpha value is -8.32. The molecule has 0 bridgehead atoms. The van der Waals surface area contributed by atoms with Gasteiger partial charge in [0, 0.05) is 75.8 Å². The molecule has 0 radical (unpaired) electrons. The summed E-state index contributed by atoms with van der Waals surface area (Å²) in [5.74, 6) is -0.285. The van der Waals surface area contributed by atoms with Gasteiger partial charge in [0.25, 0.3) is 11.8 Å². The number of fused-ring (bicyclic) bond motifs is 8. The molecule has 4 aliphatic heterocycles. The third kappa shape index (κ3) is 11.6. The quantitative estimate of drug-likeness (QED) is 0.0444. The van der Waals surface area contributed by atoms with Crippen molar-refractivity contribution in [3.05, 3.63) is 124 Å². The summed E-state index contributed by atoms with van der Waals surface area (Å²) in [4.78, 5) is 88.1. The summed E-state index contributed by atoms with van der Waals surface area (Å²) >= 11 is 0. The molecule has 5 N–H and O–H groups in total. The van der Waals surface area contributed by atoms with Gasteiger partial charge in [-0.3, -0.25) is 34.2 Å². The van der Waals surface area contributed by atoms with Crippen LogP contribution in [0.5, 0.6) is 23.0 Å². The Balaban J connectivity index is 0.931. The minimum Gasteiger partial charge on any atom is -0.493 e. The van der Waals surface area contributed by atoms with Gasteiger partial charge >= 0.3 is 0 Å². The minimum absolute atomic E-state index is 0.00821. The van der Waals surface area contributed by atoms with E-state index in [4.69, 9.17) is 18.9 Å². The van der Waals surface area contributed by atoms with E-state index in [1.807, 2.05) is 85.4 Å². The molecule has 9 rings (SSSR count). The number of carbonyl (C=O) groups is 6. The van der Waals surface area contributed by atoms with E-state index in [9.17, 15) is 28.8 Å². The van der Waals surface area contributed by atoms with E-state index >= 15 is 0 Å². The zero-order chi connectivity index (χ0) is 54.5. The van der Waals surface area contributed by atoms with Gasteiger partial charge in [0.2, 0.25) is 23.6 Å². The summed E-state index contributed by atoms with van der Waals surface area (Å²) in [5, 5.41) is 8.31. The Labute approximate surface area is 448 Å². The number of amides is 6. The van der Waals surface area contributed by atoms with Gasteiger partial charge in [-0.25, -0.2) is 5.43 Å². The lowest BCUT2D eigenvalue weighted by Crippen LogP contribution is -2.50. The highest BCUT2D eigenvalue weighted by Gasteiger charge is 2.41. The molecule has 4 heterocycles. The van der Waals surface area contributed by atoms with Crippen LogP contribution in [0.2, 0.25) is 0 Å². The van der Waals surface area contributed by atoms with Gasteiger partial charge < -0.3 is 54.5 Å². The van der Waals surface area contributed by atoms with Crippen molar-refractivity contribution in [3.63, 3.8) is 0 Å². The van der Waals surface area contributed by atoms with Crippen molar-refractivity contribution in [1.29, 1.82) is 0 Å². The Morgan fingerprint density at radius 2 is 1.08 bits per heavy atom. The van der Waals surface area contributed by atoms with Crippen LogP contribution in [0.1, 0.15) is 89.4 Å². The number of para-hydroxylation sites is 2. The highest BCUT2D eigenvalue weighted by Crippen LogP contribution is 2.44. The molecule has 19 heteroatoms. The number of anilines is 5. The molecule has 4 aliphatic rings. The van der Waals surface area contributed by atoms with Gasteiger partial charge in [0.1, 0.15) is 25.3 Å². The fourth-order valence-corrected chi connectivity index (χ4v) is 10.6. The molecule has 0 saturated carbocycles. The summed E-state index contributed by atoms with van der Waals surface area (Å²) in [6.45, 7) is 6.76. The van der Waals surface area contributed by atoms with Crippen molar-refractivity contribution in [2.45, 2.75) is 96.7 Å². The van der Waals surface area contributed by atoms with Gasteiger partial charge in [-0.1, -0.05) is 43.3 Å². The molecular weight excluding hydrogens is 983 g/mol. The molecule has 0 aliphatic carbocycles. The summed E-state index contributed by atoms with van der Waals surface area (Å²) in [5.41, 5.74) is 13.5. The van der Waals surface area contributed by atoms with Gasteiger partial charge in [-0.2, -0.15) is 0 Å². The summed E-state index contributed by atoms with van der Waals surface area (Å²) in [6, 6.07) is 26.4. The van der Waals surface area contributed by atoms with E-state index in [2.05, 4.69) is 48.7 Å². The first-order valence-electron chi connectivity index (χ1n) is 26.1. The predicted octanol–water partition coefficient (Wildman–Crippen LogP) is 6.05. The van der Waals surface area contributed by atoms with E-state index in [1.54, 1.807) is 31.2 Å². The van der Waals surface area contributed by atoms with Crippen molar-refractivity contribution >= 4 is 63.9 Å². The topological polar surface area (TPSA) is 212 Å². The average molecular weight is 1050 g/mol. The normalized spacial score (nSPS) is 16.8.